The van der Waals surface area contributed by atoms with E-state index in [1.54, 1.807) is 0 Å². The van der Waals surface area contributed by atoms with E-state index in [1.807, 2.05) is 0 Å². The molecule has 0 saturated heterocycles. The second-order valence-corrected chi connectivity index (χ2v) is 20.0. The summed E-state index contributed by atoms with van der Waals surface area (Å²) in [4.78, 5) is 0. The van der Waals surface area contributed by atoms with Crippen LogP contribution in [0.4, 0.5) is 119 Å². The molecule has 0 bridgehead atoms. The summed E-state index contributed by atoms with van der Waals surface area (Å²) in [7, 11) is 0. The van der Waals surface area contributed by atoms with E-state index in [-0.39, 0.29) is 19.3 Å². The van der Waals surface area contributed by atoms with Crippen molar-refractivity contribution in [2.24, 2.45) is 0 Å². The van der Waals surface area contributed by atoms with Crippen molar-refractivity contribution in [1.29, 1.82) is 0 Å². The zero-order valence-corrected chi connectivity index (χ0v) is 25.9. The second-order valence-electron chi connectivity index (χ2n) is 9.96. The number of rotatable bonds is 17. The fourth-order valence-electron chi connectivity index (χ4n) is 3.76. The van der Waals surface area contributed by atoms with Crippen LogP contribution >= 0.6 is 0 Å². The van der Waals surface area contributed by atoms with Gasteiger partial charge in [-0.05, 0) is 0 Å². The molecular weight excluding hydrogens is 888 g/mol. The molecule has 0 aromatic carbocycles. The van der Waals surface area contributed by atoms with Crippen LogP contribution in [0.5, 0.6) is 0 Å². The molecule has 0 amide bonds. The Bertz CT molecular complexity index is 977. The quantitative estimate of drug-likeness (QED) is 0.0803. The van der Waals surface area contributed by atoms with Crippen molar-refractivity contribution in [3.8, 4) is 0 Å². The van der Waals surface area contributed by atoms with Crippen LogP contribution in [0.25, 0.3) is 0 Å². The predicted octanol–water partition coefficient (Wildman–Crippen LogP) is 11.3. The average molecular weight is 905 g/mol. The van der Waals surface area contributed by atoms with Gasteiger partial charge in [-0.2, -0.15) is 0 Å². The third-order valence-corrected chi connectivity index (χ3v) is 18.7. The predicted molar refractivity (Wildman–Crippen MR) is 108 cm³/mol. The molecule has 0 aromatic rings. The van der Waals surface area contributed by atoms with E-state index in [0.29, 0.717) is 0 Å². The monoisotopic (exact) mass is 906 g/mol. The van der Waals surface area contributed by atoms with E-state index < -0.39 is 111 Å². The summed E-state index contributed by atoms with van der Waals surface area (Å²) in [5.41, 5.74) is 0. The van der Waals surface area contributed by atoms with Gasteiger partial charge in [0.15, 0.2) is 0 Å². The van der Waals surface area contributed by atoms with Gasteiger partial charge in [-0.3, -0.25) is 0 Å². The van der Waals surface area contributed by atoms with Crippen molar-refractivity contribution in [3.05, 3.63) is 0 Å². The molecule has 0 N–H and O–H groups in total. The van der Waals surface area contributed by atoms with Crippen LogP contribution in [0.2, 0.25) is 0 Å². The van der Waals surface area contributed by atoms with Gasteiger partial charge in [0, 0.05) is 0 Å². The van der Waals surface area contributed by atoms with Gasteiger partial charge in [0.2, 0.25) is 0 Å². The van der Waals surface area contributed by atoms with E-state index in [9.17, 15) is 92.2 Å². The maximum absolute atomic E-state index is 15.2. The van der Waals surface area contributed by atoms with Crippen molar-refractivity contribution in [3.63, 3.8) is 0 Å². The Morgan fingerprint density at radius 2 is 0.551 bits per heavy atom. The van der Waals surface area contributed by atoms with Gasteiger partial charge in [0.25, 0.3) is 0 Å². The first-order valence-electron chi connectivity index (χ1n) is 12.3. The van der Waals surface area contributed by atoms with E-state index in [0.717, 1.165) is 0 Å². The number of unbranched alkanes of at least 4 members (excludes halogenated alkanes) is 5. The third kappa shape index (κ3) is 6.91. The third-order valence-electron chi connectivity index (χ3n) is 6.58. The summed E-state index contributed by atoms with van der Waals surface area (Å²) in [5.74, 6) is -55.5. The standard InChI is InChI=1S/C8H17O.3C4F9.Sn/c1-2-3-4-5-6-7-8-9;3*5-1(6)2(7,8)3(9,10)4(11,12)13;/h2-8H2,1H3;;;;/q-1;;;;+1. The van der Waals surface area contributed by atoms with E-state index >= 15 is 26.3 Å². The topological polar surface area (TPSA) is 9.23 Å². The van der Waals surface area contributed by atoms with Crippen LogP contribution in [0.1, 0.15) is 45.4 Å². The molecule has 49 heavy (non-hydrogen) atoms. The van der Waals surface area contributed by atoms with Crippen molar-refractivity contribution in [2.45, 2.75) is 111 Å². The normalized spacial score (nSPS) is 16.4. The summed E-state index contributed by atoms with van der Waals surface area (Å²) in [6.07, 6.45) is -28.4. The zero-order chi connectivity index (χ0) is 40.2. The van der Waals surface area contributed by atoms with Crippen molar-refractivity contribution >= 4 is 18.8 Å². The number of hydrogen-bond donors (Lipinski definition) is 0. The van der Waals surface area contributed by atoms with Crippen LogP contribution in [0.3, 0.4) is 0 Å². The van der Waals surface area contributed by atoms with Crippen LogP contribution in [0.15, 0.2) is 0 Å². The van der Waals surface area contributed by atoms with Crippen molar-refractivity contribution in [1.82, 2.24) is 0 Å². The Balaban J connectivity index is 8.80. The molecule has 0 atom stereocenters. The Hall–Kier alpha value is -1.13. The van der Waals surface area contributed by atoms with Gasteiger partial charge in [0.1, 0.15) is 0 Å². The van der Waals surface area contributed by atoms with Gasteiger partial charge < -0.3 is 0 Å². The fraction of sp³-hybridized carbons (Fsp3) is 1.00. The van der Waals surface area contributed by atoms with Gasteiger partial charge in [-0.15, -0.1) is 0 Å². The van der Waals surface area contributed by atoms with Gasteiger partial charge in [0.05, 0.1) is 0 Å². The molecule has 0 unspecified atom stereocenters. The SMILES string of the molecule is CCCCCCCC[O][Sn]([C](F)(F)C(F)(F)C(F)(F)C(F)(F)F)([C](F)(F)C(F)(F)C(F)(F)C(F)(F)F)[C](F)(F)C(F)(F)C(F)(F)C(F)(F)F. The minimum absolute atomic E-state index is 0.120. The summed E-state index contributed by atoms with van der Waals surface area (Å²) < 4.78 is 347. The summed E-state index contributed by atoms with van der Waals surface area (Å²) >= 11 is -13.5. The van der Waals surface area contributed by atoms with E-state index in [4.69, 9.17) is 0 Å². The molecule has 0 saturated carbocycles. The molecular formula is C20H17F27OSn. The fourth-order valence-corrected chi connectivity index (χ4v) is 15.1. The molecule has 0 aliphatic heterocycles. The van der Waals surface area contributed by atoms with E-state index in [2.05, 4.69) is 3.07 Å². The Labute approximate surface area is 258 Å². The molecule has 0 aliphatic carbocycles. The molecule has 0 rings (SSSR count). The molecule has 29 heteroatoms. The molecule has 0 fully saturated rings. The van der Waals surface area contributed by atoms with Crippen molar-refractivity contribution < 1.29 is 122 Å². The first-order chi connectivity index (χ1) is 21.1. The maximum atomic E-state index is 15.2. The average Bonchev–Trinajstić information content (AvgIpc) is 2.87. The Morgan fingerprint density at radius 1 is 0.327 bits per heavy atom. The number of alkyl halides is 27. The second kappa shape index (κ2) is 13.7. The Kier molecular flexibility index (Phi) is 13.4. The molecule has 296 valence electrons. The van der Waals surface area contributed by atoms with Gasteiger partial charge in [-0.25, -0.2) is 0 Å². The van der Waals surface area contributed by atoms with Gasteiger partial charge in [-0.1, -0.05) is 0 Å². The molecule has 0 spiro atoms. The van der Waals surface area contributed by atoms with Crippen LogP contribution in [0, 0.1) is 0 Å². The first kappa shape index (κ1) is 47.9. The zero-order valence-electron chi connectivity index (χ0n) is 23.1. The van der Waals surface area contributed by atoms with Gasteiger partial charge >= 0.3 is 258 Å². The number of halogens is 27. The summed E-state index contributed by atoms with van der Waals surface area (Å²) in [5, 5.41) is 0. The first-order valence-corrected chi connectivity index (χ1v) is 17.7. The molecule has 0 aromatic heterocycles. The van der Waals surface area contributed by atoms with Crippen LogP contribution in [-0.4, -0.2) is 91.3 Å². The molecule has 0 heterocycles. The minimum atomic E-state index is -13.5. The summed E-state index contributed by atoms with van der Waals surface area (Å²) in [6, 6.07) is 0. The van der Waals surface area contributed by atoms with Crippen LogP contribution < -0.4 is 0 Å². The van der Waals surface area contributed by atoms with Crippen molar-refractivity contribution in [2.75, 3.05) is 6.61 Å². The molecule has 1 nitrogen and oxygen atoms in total. The Morgan fingerprint density at radius 3 is 0.776 bits per heavy atom. The van der Waals surface area contributed by atoms with Crippen LogP contribution in [-0.2, 0) is 3.07 Å². The summed E-state index contributed by atoms with van der Waals surface area (Å²) in [6.45, 7) is -1.69. The molecule has 0 aliphatic rings. The number of hydrogen-bond acceptors (Lipinski definition) is 1. The molecule has 0 radical (unpaired) electrons. The van der Waals surface area contributed by atoms with E-state index in [1.165, 1.54) is 6.92 Å².